The molecule has 0 saturated carbocycles. The molecule has 1 aliphatic heterocycles. The monoisotopic (exact) mass is 372 g/mol. The van der Waals surface area contributed by atoms with Crippen LogP contribution in [0.1, 0.15) is 12.8 Å². The van der Waals surface area contributed by atoms with E-state index in [2.05, 4.69) is 22.8 Å². The largest absolute Gasteiger partial charge is 0.497 e. The summed E-state index contributed by atoms with van der Waals surface area (Å²) in [6, 6.07) is 17.4. The molecule has 0 unspecified atom stereocenters. The minimum atomic E-state index is -0.199. The Bertz CT molecular complexity index is 701. The number of hydrogen-bond donors (Lipinski definition) is 2. The summed E-state index contributed by atoms with van der Waals surface area (Å²) in [5, 5.41) is 5.90. The highest BCUT2D eigenvalue weighted by molar-refractivity contribution is 8.00. The number of nitrogens with one attached hydrogen (secondary N) is 2. The van der Waals surface area contributed by atoms with Gasteiger partial charge in [0.25, 0.3) is 0 Å². The van der Waals surface area contributed by atoms with Gasteiger partial charge in [-0.2, -0.15) is 0 Å². The number of carbonyl (C=O) groups excluding carboxylic acids is 1. The molecule has 0 atom stereocenters. The summed E-state index contributed by atoms with van der Waals surface area (Å²) in [5.41, 5.74) is 0.736. The molecule has 0 radical (unpaired) electrons. The molecule has 2 aromatic rings. The number of amides is 2. The standard InChI is InChI=1S/C20H24N2O3S/c1-24-17-9-7-16(8-10-17)22-19(23)21-15-20(11-13-25-14-12-20)26-18-5-3-2-4-6-18/h2-10H,11-15H2,1H3,(H2,21,22,23). The van der Waals surface area contributed by atoms with Crippen molar-refractivity contribution in [3.05, 3.63) is 54.6 Å². The van der Waals surface area contributed by atoms with E-state index in [-0.39, 0.29) is 10.8 Å². The Balaban J connectivity index is 1.59. The molecule has 0 bridgehead atoms. The lowest BCUT2D eigenvalue weighted by molar-refractivity contribution is 0.0777. The van der Waals surface area contributed by atoms with Gasteiger partial charge >= 0.3 is 6.03 Å². The molecule has 1 aliphatic rings. The van der Waals surface area contributed by atoms with E-state index in [4.69, 9.17) is 9.47 Å². The summed E-state index contributed by atoms with van der Waals surface area (Å²) in [7, 11) is 1.62. The van der Waals surface area contributed by atoms with E-state index < -0.39 is 0 Å². The second kappa shape index (κ2) is 8.96. The fraction of sp³-hybridized carbons (Fsp3) is 0.350. The summed E-state index contributed by atoms with van der Waals surface area (Å²) in [4.78, 5) is 13.5. The van der Waals surface area contributed by atoms with Crippen molar-refractivity contribution in [3.63, 3.8) is 0 Å². The fourth-order valence-electron chi connectivity index (χ4n) is 2.89. The van der Waals surface area contributed by atoms with Crippen LogP contribution in [0.4, 0.5) is 10.5 Å². The number of hydrogen-bond acceptors (Lipinski definition) is 4. The number of benzene rings is 2. The zero-order valence-electron chi connectivity index (χ0n) is 14.9. The van der Waals surface area contributed by atoms with Gasteiger partial charge in [-0.3, -0.25) is 0 Å². The van der Waals surface area contributed by atoms with E-state index in [1.54, 1.807) is 7.11 Å². The van der Waals surface area contributed by atoms with Gasteiger partial charge in [-0.1, -0.05) is 18.2 Å². The number of methoxy groups -OCH3 is 1. The maximum absolute atomic E-state index is 12.3. The van der Waals surface area contributed by atoms with E-state index in [1.165, 1.54) is 4.90 Å². The normalized spacial score (nSPS) is 15.9. The predicted molar refractivity (Wildman–Crippen MR) is 105 cm³/mol. The van der Waals surface area contributed by atoms with Crippen LogP contribution in [-0.4, -0.2) is 37.6 Å². The van der Waals surface area contributed by atoms with Crippen molar-refractivity contribution in [2.45, 2.75) is 22.5 Å². The average molecular weight is 372 g/mol. The lowest BCUT2D eigenvalue weighted by atomic mass is 9.99. The lowest BCUT2D eigenvalue weighted by Crippen LogP contribution is -2.45. The van der Waals surface area contributed by atoms with Gasteiger partial charge in [0.1, 0.15) is 5.75 Å². The first kappa shape index (κ1) is 18.6. The number of carbonyl (C=O) groups is 1. The topological polar surface area (TPSA) is 59.6 Å². The maximum atomic E-state index is 12.3. The highest BCUT2D eigenvalue weighted by Gasteiger charge is 2.34. The number of anilines is 1. The Labute approximate surface area is 158 Å². The van der Waals surface area contributed by atoms with Crippen molar-refractivity contribution in [3.8, 4) is 5.75 Å². The fourth-order valence-corrected chi connectivity index (χ4v) is 4.20. The summed E-state index contributed by atoms with van der Waals surface area (Å²) < 4.78 is 10.6. The second-order valence-corrected chi connectivity index (χ2v) is 7.79. The van der Waals surface area contributed by atoms with Gasteiger partial charge in [0.05, 0.1) is 7.11 Å². The highest BCUT2D eigenvalue weighted by atomic mass is 32.2. The molecule has 1 fully saturated rings. The van der Waals surface area contributed by atoms with Crippen LogP contribution >= 0.6 is 11.8 Å². The second-order valence-electron chi connectivity index (χ2n) is 6.25. The summed E-state index contributed by atoms with van der Waals surface area (Å²) in [6.45, 7) is 2.04. The Morgan fingerprint density at radius 1 is 1.12 bits per heavy atom. The molecule has 6 heteroatoms. The Morgan fingerprint density at radius 3 is 2.46 bits per heavy atom. The third-order valence-corrected chi connectivity index (χ3v) is 5.89. The molecule has 0 aromatic heterocycles. The summed E-state index contributed by atoms with van der Waals surface area (Å²) in [5.74, 6) is 0.761. The van der Waals surface area contributed by atoms with Crippen molar-refractivity contribution in [2.75, 3.05) is 32.2 Å². The minimum absolute atomic E-state index is 0.0448. The van der Waals surface area contributed by atoms with Crippen molar-refractivity contribution in [1.82, 2.24) is 5.32 Å². The Kier molecular flexibility index (Phi) is 6.41. The van der Waals surface area contributed by atoms with Gasteiger partial charge in [0.15, 0.2) is 0 Å². The van der Waals surface area contributed by atoms with E-state index >= 15 is 0 Å². The van der Waals surface area contributed by atoms with Gasteiger partial charge < -0.3 is 20.1 Å². The molecule has 5 nitrogen and oxygen atoms in total. The third kappa shape index (κ3) is 5.16. The Morgan fingerprint density at radius 2 is 1.81 bits per heavy atom. The molecule has 1 heterocycles. The SMILES string of the molecule is COc1ccc(NC(=O)NCC2(Sc3ccccc3)CCOCC2)cc1. The molecule has 2 N–H and O–H groups in total. The number of ether oxygens (including phenoxy) is 2. The molecule has 26 heavy (non-hydrogen) atoms. The van der Waals surface area contributed by atoms with Crippen LogP contribution in [0.2, 0.25) is 0 Å². The van der Waals surface area contributed by atoms with Crippen LogP contribution in [0, 0.1) is 0 Å². The van der Waals surface area contributed by atoms with Crippen molar-refractivity contribution >= 4 is 23.5 Å². The predicted octanol–water partition coefficient (Wildman–Crippen LogP) is 4.16. The van der Waals surface area contributed by atoms with E-state index in [9.17, 15) is 4.79 Å². The zero-order valence-corrected chi connectivity index (χ0v) is 15.7. The van der Waals surface area contributed by atoms with Crippen molar-refractivity contribution < 1.29 is 14.3 Å². The Hall–Kier alpha value is -2.18. The molecule has 2 amide bonds. The molecule has 2 aromatic carbocycles. The van der Waals surface area contributed by atoms with E-state index in [0.29, 0.717) is 6.54 Å². The minimum Gasteiger partial charge on any atom is -0.497 e. The maximum Gasteiger partial charge on any atom is 0.319 e. The van der Waals surface area contributed by atoms with Crippen molar-refractivity contribution in [1.29, 1.82) is 0 Å². The first-order chi connectivity index (χ1) is 12.7. The van der Waals surface area contributed by atoms with E-state index in [0.717, 1.165) is 37.5 Å². The molecule has 3 rings (SSSR count). The van der Waals surface area contributed by atoms with Crippen LogP contribution in [0.5, 0.6) is 5.75 Å². The lowest BCUT2D eigenvalue weighted by Gasteiger charge is -2.36. The number of urea groups is 1. The van der Waals surface area contributed by atoms with Crippen molar-refractivity contribution in [2.24, 2.45) is 0 Å². The average Bonchev–Trinajstić information content (AvgIpc) is 2.69. The van der Waals surface area contributed by atoms with Gasteiger partial charge in [0, 0.05) is 35.1 Å². The first-order valence-electron chi connectivity index (χ1n) is 8.70. The van der Waals surface area contributed by atoms with Gasteiger partial charge in [-0.15, -0.1) is 11.8 Å². The number of rotatable bonds is 6. The van der Waals surface area contributed by atoms with Crippen LogP contribution in [0.3, 0.4) is 0 Å². The van der Waals surface area contributed by atoms with Crippen LogP contribution in [-0.2, 0) is 4.74 Å². The molecular weight excluding hydrogens is 348 g/mol. The van der Waals surface area contributed by atoms with Gasteiger partial charge in [-0.25, -0.2) is 4.79 Å². The first-order valence-corrected chi connectivity index (χ1v) is 9.51. The summed E-state index contributed by atoms with van der Waals surface area (Å²) >= 11 is 1.83. The number of thioether (sulfide) groups is 1. The molecule has 1 saturated heterocycles. The molecular formula is C20H24N2O3S. The third-order valence-electron chi connectivity index (χ3n) is 4.40. The summed E-state index contributed by atoms with van der Waals surface area (Å²) in [6.07, 6.45) is 1.82. The highest BCUT2D eigenvalue weighted by Crippen LogP contribution is 2.40. The quantitative estimate of drug-likeness (QED) is 0.799. The molecule has 0 aliphatic carbocycles. The smallest absolute Gasteiger partial charge is 0.319 e. The van der Waals surface area contributed by atoms with Crippen LogP contribution < -0.4 is 15.4 Å². The van der Waals surface area contributed by atoms with Gasteiger partial charge in [0.2, 0.25) is 0 Å². The van der Waals surface area contributed by atoms with Crippen LogP contribution in [0.25, 0.3) is 0 Å². The van der Waals surface area contributed by atoms with E-state index in [1.807, 2.05) is 54.2 Å². The molecule has 138 valence electrons. The van der Waals surface area contributed by atoms with Gasteiger partial charge in [-0.05, 0) is 49.2 Å². The zero-order chi connectivity index (χ0) is 18.2. The molecule has 0 spiro atoms. The van der Waals surface area contributed by atoms with Crippen LogP contribution in [0.15, 0.2) is 59.5 Å².